The van der Waals surface area contributed by atoms with Crippen molar-refractivity contribution in [2.45, 2.75) is 0 Å². The third-order valence-corrected chi connectivity index (χ3v) is 7.56. The average molecular weight is 486 g/mol. The molecule has 0 aliphatic heterocycles. The molecule has 0 atom stereocenters. The fourth-order valence-corrected chi connectivity index (χ4v) is 5.75. The van der Waals surface area contributed by atoms with Crippen molar-refractivity contribution in [2.24, 2.45) is 0 Å². The van der Waals surface area contributed by atoms with Gasteiger partial charge < -0.3 is 9.13 Å². The smallest absolute Gasteiger partial charge is 0.0701 e. The molecule has 3 heterocycles. The van der Waals surface area contributed by atoms with Gasteiger partial charge in [-0.2, -0.15) is 0 Å². The SMILES string of the molecule is c1ccc(-n2c3ccccc3c3cc4cc5c(ccn5-c5ccc(-c6ccccn6)cc5)cc4cc32)cc1. The Balaban J connectivity index is 1.32. The van der Waals surface area contributed by atoms with Crippen molar-refractivity contribution in [3.63, 3.8) is 0 Å². The van der Waals surface area contributed by atoms with Gasteiger partial charge in [-0.25, -0.2) is 0 Å². The first-order chi connectivity index (χ1) is 18.8. The van der Waals surface area contributed by atoms with Crippen LogP contribution in [-0.4, -0.2) is 14.1 Å². The van der Waals surface area contributed by atoms with Crippen LogP contribution in [0.4, 0.5) is 0 Å². The number of pyridine rings is 1. The lowest BCUT2D eigenvalue weighted by Crippen LogP contribution is -1.93. The Bertz CT molecular complexity index is 2100. The summed E-state index contributed by atoms with van der Waals surface area (Å²) in [6.07, 6.45) is 4.00. The van der Waals surface area contributed by atoms with Gasteiger partial charge in [-0.3, -0.25) is 4.98 Å². The van der Waals surface area contributed by atoms with Crippen LogP contribution in [-0.2, 0) is 0 Å². The monoisotopic (exact) mass is 485 g/mol. The molecule has 0 unspecified atom stereocenters. The van der Waals surface area contributed by atoms with E-state index in [0.717, 1.165) is 16.9 Å². The summed E-state index contributed by atoms with van der Waals surface area (Å²) in [5.41, 5.74) is 8.09. The van der Waals surface area contributed by atoms with E-state index in [9.17, 15) is 0 Å². The number of aromatic nitrogens is 3. The van der Waals surface area contributed by atoms with Gasteiger partial charge in [-0.05, 0) is 83.6 Å². The van der Waals surface area contributed by atoms with Crippen molar-refractivity contribution in [1.82, 2.24) is 14.1 Å². The zero-order valence-electron chi connectivity index (χ0n) is 20.6. The molecule has 0 N–H and O–H groups in total. The maximum Gasteiger partial charge on any atom is 0.0701 e. The molecular weight excluding hydrogens is 462 g/mol. The Morgan fingerprint density at radius 3 is 2.08 bits per heavy atom. The predicted molar refractivity (Wildman–Crippen MR) is 158 cm³/mol. The highest BCUT2D eigenvalue weighted by molar-refractivity contribution is 6.15. The lowest BCUT2D eigenvalue weighted by molar-refractivity contribution is 1.13. The second-order valence-corrected chi connectivity index (χ2v) is 9.76. The van der Waals surface area contributed by atoms with Gasteiger partial charge in [0.05, 0.1) is 22.2 Å². The normalized spacial score (nSPS) is 11.7. The van der Waals surface area contributed by atoms with Crippen LogP contribution in [0.3, 0.4) is 0 Å². The van der Waals surface area contributed by atoms with Crippen molar-refractivity contribution in [3.8, 4) is 22.6 Å². The molecule has 0 saturated carbocycles. The molecule has 5 aromatic carbocycles. The van der Waals surface area contributed by atoms with Crippen LogP contribution in [0.25, 0.3) is 66.1 Å². The maximum atomic E-state index is 4.48. The maximum absolute atomic E-state index is 4.48. The predicted octanol–water partition coefficient (Wildman–Crippen LogP) is 8.94. The van der Waals surface area contributed by atoms with Crippen LogP contribution in [0, 0.1) is 0 Å². The molecule has 3 nitrogen and oxygen atoms in total. The molecule has 8 aromatic rings. The van der Waals surface area contributed by atoms with E-state index in [-0.39, 0.29) is 0 Å². The van der Waals surface area contributed by atoms with E-state index in [1.165, 1.54) is 49.2 Å². The van der Waals surface area contributed by atoms with E-state index in [1.807, 2.05) is 24.4 Å². The number of rotatable bonds is 3. The number of fused-ring (bicyclic) bond motifs is 5. The van der Waals surface area contributed by atoms with Gasteiger partial charge in [0, 0.05) is 45.5 Å². The Morgan fingerprint density at radius 2 is 1.24 bits per heavy atom. The molecule has 8 rings (SSSR count). The summed E-state index contributed by atoms with van der Waals surface area (Å²) in [7, 11) is 0. The molecule has 0 aliphatic carbocycles. The average Bonchev–Trinajstić information content (AvgIpc) is 3.54. The molecule has 0 radical (unpaired) electrons. The third-order valence-electron chi connectivity index (χ3n) is 7.56. The van der Waals surface area contributed by atoms with Crippen LogP contribution in [0.1, 0.15) is 0 Å². The van der Waals surface area contributed by atoms with Crippen LogP contribution >= 0.6 is 0 Å². The molecule has 0 bridgehead atoms. The van der Waals surface area contributed by atoms with Crippen LogP contribution in [0.2, 0.25) is 0 Å². The molecule has 0 fully saturated rings. The van der Waals surface area contributed by atoms with E-state index in [2.05, 4.69) is 130 Å². The highest BCUT2D eigenvalue weighted by Crippen LogP contribution is 2.36. The summed E-state index contributed by atoms with van der Waals surface area (Å²) in [5, 5.41) is 6.26. The molecule has 0 aliphatic rings. The first-order valence-corrected chi connectivity index (χ1v) is 12.9. The fourth-order valence-electron chi connectivity index (χ4n) is 5.75. The Kier molecular flexibility index (Phi) is 4.52. The highest BCUT2D eigenvalue weighted by atomic mass is 15.0. The standard InChI is InChI=1S/C35H23N3/c1-2-8-29(9-3-1)38-33-12-5-4-10-30(33)31-21-27-22-34-25(20-26(27)23-35(31)38)17-19-37(34)28-15-13-24(14-16-28)32-11-6-7-18-36-32/h1-23H. The van der Waals surface area contributed by atoms with Gasteiger partial charge in [0.1, 0.15) is 0 Å². The minimum Gasteiger partial charge on any atom is -0.317 e. The van der Waals surface area contributed by atoms with Gasteiger partial charge in [-0.1, -0.05) is 54.6 Å². The second-order valence-electron chi connectivity index (χ2n) is 9.76. The van der Waals surface area contributed by atoms with Crippen LogP contribution < -0.4 is 0 Å². The summed E-state index contributed by atoms with van der Waals surface area (Å²) in [4.78, 5) is 4.48. The Labute approximate surface area is 219 Å². The van der Waals surface area contributed by atoms with Crippen molar-refractivity contribution < 1.29 is 0 Å². The summed E-state index contributed by atoms with van der Waals surface area (Å²) < 4.78 is 4.65. The lowest BCUT2D eigenvalue weighted by Gasteiger charge is -2.10. The van der Waals surface area contributed by atoms with E-state index in [0.29, 0.717) is 0 Å². The minimum absolute atomic E-state index is 0.987. The number of nitrogens with zero attached hydrogens (tertiary/aromatic N) is 3. The molecule has 0 amide bonds. The molecule has 3 heteroatoms. The van der Waals surface area contributed by atoms with Gasteiger partial charge in [0.2, 0.25) is 0 Å². The number of hydrogen-bond donors (Lipinski definition) is 0. The van der Waals surface area contributed by atoms with Crippen molar-refractivity contribution in [2.75, 3.05) is 0 Å². The highest BCUT2D eigenvalue weighted by Gasteiger charge is 2.14. The van der Waals surface area contributed by atoms with E-state index < -0.39 is 0 Å². The van der Waals surface area contributed by atoms with E-state index >= 15 is 0 Å². The van der Waals surface area contributed by atoms with Crippen LogP contribution in [0.5, 0.6) is 0 Å². The Hall–Kier alpha value is -5.15. The lowest BCUT2D eigenvalue weighted by atomic mass is 10.0. The summed E-state index contributed by atoms with van der Waals surface area (Å²) in [6, 6.07) is 45.5. The third kappa shape index (κ3) is 3.19. The van der Waals surface area contributed by atoms with Gasteiger partial charge in [0.25, 0.3) is 0 Å². The summed E-state index contributed by atoms with van der Waals surface area (Å²) >= 11 is 0. The van der Waals surface area contributed by atoms with Crippen molar-refractivity contribution in [3.05, 3.63) is 140 Å². The zero-order valence-corrected chi connectivity index (χ0v) is 20.6. The van der Waals surface area contributed by atoms with E-state index in [1.54, 1.807) is 0 Å². The number of hydrogen-bond acceptors (Lipinski definition) is 1. The van der Waals surface area contributed by atoms with E-state index in [4.69, 9.17) is 0 Å². The van der Waals surface area contributed by atoms with Crippen molar-refractivity contribution >= 4 is 43.5 Å². The number of para-hydroxylation sites is 2. The molecule has 38 heavy (non-hydrogen) atoms. The largest absolute Gasteiger partial charge is 0.317 e. The minimum atomic E-state index is 0.987. The van der Waals surface area contributed by atoms with Gasteiger partial charge in [0.15, 0.2) is 0 Å². The summed E-state index contributed by atoms with van der Waals surface area (Å²) in [5.74, 6) is 0. The van der Waals surface area contributed by atoms with Crippen LogP contribution in [0.15, 0.2) is 140 Å². The molecule has 3 aromatic heterocycles. The molecular formula is C35H23N3. The topological polar surface area (TPSA) is 22.8 Å². The second kappa shape index (κ2) is 8.19. The van der Waals surface area contributed by atoms with Gasteiger partial charge >= 0.3 is 0 Å². The quantitative estimate of drug-likeness (QED) is 0.245. The Morgan fingerprint density at radius 1 is 0.474 bits per heavy atom. The van der Waals surface area contributed by atoms with Crippen molar-refractivity contribution in [1.29, 1.82) is 0 Å². The summed E-state index contributed by atoms with van der Waals surface area (Å²) in [6.45, 7) is 0. The first-order valence-electron chi connectivity index (χ1n) is 12.9. The van der Waals surface area contributed by atoms with Gasteiger partial charge in [-0.15, -0.1) is 0 Å². The first kappa shape index (κ1) is 21.0. The number of benzene rings is 5. The zero-order chi connectivity index (χ0) is 25.1. The molecule has 0 spiro atoms. The molecule has 0 saturated heterocycles. The fraction of sp³-hybridized carbons (Fsp3) is 0. The molecule has 178 valence electrons.